The van der Waals surface area contributed by atoms with Crippen LogP contribution in [0, 0.1) is 5.92 Å². The number of amides is 1. The molecular weight excluding hydrogens is 198 g/mol. The Labute approximate surface area is 87.8 Å². The van der Waals surface area contributed by atoms with Crippen molar-refractivity contribution in [3.63, 3.8) is 0 Å². The third-order valence-electron chi connectivity index (χ3n) is 1.99. The van der Waals surface area contributed by atoms with Gasteiger partial charge in [0.25, 0.3) is 5.91 Å². The van der Waals surface area contributed by atoms with E-state index in [4.69, 9.17) is 0 Å². The van der Waals surface area contributed by atoms with Gasteiger partial charge in [-0.1, -0.05) is 19.9 Å². The number of nitrogens with one attached hydrogen (secondary N) is 1. The van der Waals surface area contributed by atoms with Crippen LogP contribution < -0.4 is 5.32 Å². The van der Waals surface area contributed by atoms with Gasteiger partial charge in [-0.15, -0.1) is 11.3 Å². The van der Waals surface area contributed by atoms with Gasteiger partial charge in [0.1, 0.15) is 0 Å². The van der Waals surface area contributed by atoms with Crippen molar-refractivity contribution < 1.29 is 9.90 Å². The van der Waals surface area contributed by atoms with E-state index in [1.165, 1.54) is 11.3 Å². The highest BCUT2D eigenvalue weighted by Gasteiger charge is 2.11. The molecule has 0 saturated heterocycles. The van der Waals surface area contributed by atoms with Crippen LogP contribution in [0.1, 0.15) is 23.5 Å². The largest absolute Gasteiger partial charge is 0.391 e. The molecule has 14 heavy (non-hydrogen) atoms. The third kappa shape index (κ3) is 3.12. The summed E-state index contributed by atoms with van der Waals surface area (Å²) in [6, 6.07) is 3.60. The van der Waals surface area contributed by atoms with Gasteiger partial charge in [-0.2, -0.15) is 0 Å². The van der Waals surface area contributed by atoms with Gasteiger partial charge in [-0.25, -0.2) is 0 Å². The first-order chi connectivity index (χ1) is 6.61. The van der Waals surface area contributed by atoms with Crippen LogP contribution in [-0.4, -0.2) is 23.7 Å². The molecule has 2 N–H and O–H groups in total. The maximum atomic E-state index is 11.4. The summed E-state index contributed by atoms with van der Waals surface area (Å²) < 4.78 is 0. The van der Waals surface area contributed by atoms with Gasteiger partial charge in [0.15, 0.2) is 0 Å². The summed E-state index contributed by atoms with van der Waals surface area (Å²) in [7, 11) is 0. The first-order valence-electron chi connectivity index (χ1n) is 4.61. The van der Waals surface area contributed by atoms with Crippen LogP contribution >= 0.6 is 11.3 Å². The van der Waals surface area contributed by atoms with Crippen molar-refractivity contribution in [3.8, 4) is 0 Å². The topological polar surface area (TPSA) is 49.3 Å². The van der Waals surface area contributed by atoms with E-state index in [9.17, 15) is 9.90 Å². The fourth-order valence-electron chi connectivity index (χ4n) is 0.928. The number of aliphatic hydroxyl groups is 1. The summed E-state index contributed by atoms with van der Waals surface area (Å²) in [5, 5.41) is 14.0. The molecule has 0 aliphatic carbocycles. The van der Waals surface area contributed by atoms with E-state index in [0.717, 1.165) is 0 Å². The summed E-state index contributed by atoms with van der Waals surface area (Å²) in [5.41, 5.74) is 0. The van der Waals surface area contributed by atoms with E-state index in [1.807, 2.05) is 25.3 Å². The lowest BCUT2D eigenvalue weighted by atomic mass is 10.1. The molecule has 1 rings (SSSR count). The fourth-order valence-corrected chi connectivity index (χ4v) is 1.57. The molecule has 1 heterocycles. The predicted molar refractivity (Wildman–Crippen MR) is 57.5 cm³/mol. The summed E-state index contributed by atoms with van der Waals surface area (Å²) in [5.74, 6) is 0.0540. The van der Waals surface area contributed by atoms with Crippen LogP contribution in [0.5, 0.6) is 0 Å². The van der Waals surface area contributed by atoms with Crippen LogP contribution in [0.25, 0.3) is 0 Å². The van der Waals surface area contributed by atoms with Crippen molar-refractivity contribution in [1.82, 2.24) is 5.32 Å². The molecule has 1 aromatic rings. The number of thiophene rings is 1. The molecule has 0 radical (unpaired) electrons. The highest BCUT2D eigenvalue weighted by molar-refractivity contribution is 7.12. The third-order valence-corrected chi connectivity index (χ3v) is 2.85. The lowest BCUT2D eigenvalue weighted by Crippen LogP contribution is -2.34. The summed E-state index contributed by atoms with van der Waals surface area (Å²) in [6.45, 7) is 4.15. The van der Waals surface area contributed by atoms with E-state index >= 15 is 0 Å². The lowest BCUT2D eigenvalue weighted by Gasteiger charge is -2.14. The number of hydrogen-bond acceptors (Lipinski definition) is 3. The molecule has 0 fully saturated rings. The Bertz CT molecular complexity index is 282. The Balaban J connectivity index is 2.36. The minimum absolute atomic E-state index is 0.111. The van der Waals surface area contributed by atoms with Crippen LogP contribution in [-0.2, 0) is 0 Å². The van der Waals surface area contributed by atoms with Gasteiger partial charge in [0.05, 0.1) is 11.0 Å². The fraction of sp³-hybridized carbons (Fsp3) is 0.500. The van der Waals surface area contributed by atoms with E-state index in [1.54, 1.807) is 6.07 Å². The normalized spacial score (nSPS) is 12.9. The molecule has 0 spiro atoms. The van der Waals surface area contributed by atoms with Gasteiger partial charge >= 0.3 is 0 Å². The Hall–Kier alpha value is -0.870. The molecule has 78 valence electrons. The van der Waals surface area contributed by atoms with Crippen molar-refractivity contribution in [2.45, 2.75) is 20.0 Å². The highest BCUT2D eigenvalue weighted by Crippen LogP contribution is 2.08. The zero-order chi connectivity index (χ0) is 10.6. The van der Waals surface area contributed by atoms with E-state index in [0.29, 0.717) is 11.4 Å². The second kappa shape index (κ2) is 5.12. The number of rotatable bonds is 4. The van der Waals surface area contributed by atoms with E-state index in [2.05, 4.69) is 5.32 Å². The molecule has 0 aromatic carbocycles. The summed E-state index contributed by atoms with van der Waals surface area (Å²) in [6.07, 6.45) is -0.473. The standard InChI is InChI=1S/C10H15NO2S/c1-7(2)8(12)6-11-10(13)9-4-3-5-14-9/h3-5,7-8,12H,6H2,1-2H3,(H,11,13). The van der Waals surface area contributed by atoms with Crippen LogP contribution in [0.3, 0.4) is 0 Å². The second-order valence-electron chi connectivity index (χ2n) is 3.50. The molecule has 4 heteroatoms. The van der Waals surface area contributed by atoms with Gasteiger partial charge in [-0.3, -0.25) is 4.79 Å². The number of hydrogen-bond donors (Lipinski definition) is 2. The molecule has 0 saturated carbocycles. The van der Waals surface area contributed by atoms with Crippen LogP contribution in [0.4, 0.5) is 0 Å². The molecule has 0 aliphatic heterocycles. The second-order valence-corrected chi connectivity index (χ2v) is 4.45. The van der Waals surface area contributed by atoms with Gasteiger partial charge in [0, 0.05) is 6.54 Å². The molecule has 1 unspecified atom stereocenters. The van der Waals surface area contributed by atoms with Gasteiger partial charge < -0.3 is 10.4 Å². The molecule has 3 nitrogen and oxygen atoms in total. The number of aliphatic hydroxyl groups excluding tert-OH is 1. The molecule has 1 amide bonds. The summed E-state index contributed by atoms with van der Waals surface area (Å²) >= 11 is 1.40. The minimum atomic E-state index is -0.473. The quantitative estimate of drug-likeness (QED) is 0.796. The molecule has 1 aromatic heterocycles. The molecular formula is C10H15NO2S. The van der Waals surface area contributed by atoms with Crippen molar-refractivity contribution in [2.24, 2.45) is 5.92 Å². The smallest absolute Gasteiger partial charge is 0.261 e. The highest BCUT2D eigenvalue weighted by atomic mass is 32.1. The zero-order valence-electron chi connectivity index (χ0n) is 8.36. The van der Waals surface area contributed by atoms with Crippen LogP contribution in [0.15, 0.2) is 17.5 Å². The van der Waals surface area contributed by atoms with Crippen LogP contribution in [0.2, 0.25) is 0 Å². The van der Waals surface area contributed by atoms with Crippen molar-refractivity contribution in [1.29, 1.82) is 0 Å². The first-order valence-corrected chi connectivity index (χ1v) is 5.49. The monoisotopic (exact) mass is 213 g/mol. The summed E-state index contributed by atoms with van der Waals surface area (Å²) in [4.78, 5) is 12.1. The average Bonchev–Trinajstić information content (AvgIpc) is 2.66. The lowest BCUT2D eigenvalue weighted by molar-refractivity contribution is 0.0875. The van der Waals surface area contributed by atoms with Crippen molar-refractivity contribution in [2.75, 3.05) is 6.54 Å². The molecule has 0 aliphatic rings. The average molecular weight is 213 g/mol. The molecule has 1 atom stereocenters. The van der Waals surface area contributed by atoms with E-state index in [-0.39, 0.29) is 11.8 Å². The SMILES string of the molecule is CC(C)C(O)CNC(=O)c1cccs1. The Morgan fingerprint density at radius 3 is 2.86 bits per heavy atom. The van der Waals surface area contributed by atoms with E-state index < -0.39 is 6.10 Å². The Morgan fingerprint density at radius 1 is 1.64 bits per heavy atom. The number of carbonyl (C=O) groups excluding carboxylic acids is 1. The zero-order valence-corrected chi connectivity index (χ0v) is 9.17. The first kappa shape index (κ1) is 11.2. The Morgan fingerprint density at radius 2 is 2.36 bits per heavy atom. The Kier molecular flexibility index (Phi) is 4.10. The molecule has 0 bridgehead atoms. The maximum absolute atomic E-state index is 11.4. The van der Waals surface area contributed by atoms with Crippen molar-refractivity contribution >= 4 is 17.2 Å². The van der Waals surface area contributed by atoms with Crippen molar-refractivity contribution in [3.05, 3.63) is 22.4 Å². The van der Waals surface area contributed by atoms with Gasteiger partial charge in [0.2, 0.25) is 0 Å². The van der Waals surface area contributed by atoms with Gasteiger partial charge in [-0.05, 0) is 17.4 Å². The maximum Gasteiger partial charge on any atom is 0.261 e. The minimum Gasteiger partial charge on any atom is -0.391 e. The predicted octanol–water partition coefficient (Wildman–Crippen LogP) is 1.49. The number of carbonyl (C=O) groups is 1.